The Bertz CT molecular complexity index is 429. The smallest absolute Gasteiger partial charge is 0.235 e. The van der Waals surface area contributed by atoms with Crippen LogP contribution >= 0.6 is 0 Å². The fourth-order valence-electron chi connectivity index (χ4n) is 2.15. The van der Waals surface area contributed by atoms with E-state index in [4.69, 9.17) is 4.74 Å². The molecule has 4 heteroatoms. The average molecular weight is 235 g/mol. The molecule has 1 aliphatic carbocycles. The lowest BCUT2D eigenvalue weighted by molar-refractivity contribution is 0.144. The first-order valence-corrected chi connectivity index (χ1v) is 5.77. The fraction of sp³-hybridized carbons (Fsp3) is 0.462. The van der Waals surface area contributed by atoms with Crippen molar-refractivity contribution in [3.8, 4) is 5.75 Å². The van der Waals surface area contributed by atoms with Crippen molar-refractivity contribution in [1.82, 2.24) is 0 Å². The number of hydrogen-bond donors (Lipinski definition) is 0. The standard InChI is InChI=1S/C13H14FNO2/c14-10-3-1-5-12(7-10)17-13-6-2-4-11(8-13)15-9-16/h1,3,5,7,11,13H,2,4,6,8H2. The van der Waals surface area contributed by atoms with E-state index in [1.165, 1.54) is 12.1 Å². The normalized spacial score (nSPS) is 23.8. The highest BCUT2D eigenvalue weighted by Crippen LogP contribution is 2.25. The molecule has 0 heterocycles. The monoisotopic (exact) mass is 235 g/mol. The van der Waals surface area contributed by atoms with Crippen LogP contribution in [0.5, 0.6) is 5.75 Å². The van der Waals surface area contributed by atoms with Gasteiger partial charge in [0.2, 0.25) is 6.08 Å². The molecule has 0 aromatic heterocycles. The molecule has 0 aliphatic heterocycles. The van der Waals surface area contributed by atoms with Crippen molar-refractivity contribution in [1.29, 1.82) is 0 Å². The molecule has 1 saturated carbocycles. The van der Waals surface area contributed by atoms with Crippen molar-refractivity contribution >= 4 is 6.08 Å². The molecule has 3 nitrogen and oxygen atoms in total. The first kappa shape index (κ1) is 11.8. The average Bonchev–Trinajstić information content (AvgIpc) is 2.30. The molecular formula is C13H14FNO2. The summed E-state index contributed by atoms with van der Waals surface area (Å²) in [4.78, 5) is 13.9. The quantitative estimate of drug-likeness (QED) is 0.597. The predicted molar refractivity (Wildman–Crippen MR) is 61.2 cm³/mol. The lowest BCUT2D eigenvalue weighted by Gasteiger charge is -2.26. The molecule has 0 bridgehead atoms. The van der Waals surface area contributed by atoms with Gasteiger partial charge in [0.1, 0.15) is 17.7 Å². The lowest BCUT2D eigenvalue weighted by Crippen LogP contribution is -2.27. The van der Waals surface area contributed by atoms with Crippen molar-refractivity contribution in [2.45, 2.75) is 37.8 Å². The number of carbonyl (C=O) groups excluding carboxylic acids is 1. The molecule has 0 N–H and O–H groups in total. The number of hydrogen-bond acceptors (Lipinski definition) is 3. The maximum atomic E-state index is 13.0. The zero-order valence-electron chi connectivity index (χ0n) is 9.43. The number of benzene rings is 1. The lowest BCUT2D eigenvalue weighted by atomic mass is 9.93. The Morgan fingerprint density at radius 2 is 2.29 bits per heavy atom. The van der Waals surface area contributed by atoms with Crippen LogP contribution in [0.25, 0.3) is 0 Å². The van der Waals surface area contributed by atoms with E-state index in [0.717, 1.165) is 19.3 Å². The summed E-state index contributed by atoms with van der Waals surface area (Å²) in [5.41, 5.74) is 0. The van der Waals surface area contributed by atoms with Crippen molar-refractivity contribution in [3.63, 3.8) is 0 Å². The van der Waals surface area contributed by atoms with E-state index in [1.54, 1.807) is 18.2 Å². The number of aliphatic imine (C=N–C) groups is 1. The highest BCUT2D eigenvalue weighted by molar-refractivity contribution is 5.33. The minimum atomic E-state index is -0.305. The van der Waals surface area contributed by atoms with Gasteiger partial charge in [0, 0.05) is 12.5 Å². The number of ether oxygens (including phenoxy) is 1. The van der Waals surface area contributed by atoms with Crippen LogP contribution in [-0.2, 0) is 4.79 Å². The van der Waals surface area contributed by atoms with Gasteiger partial charge in [-0.3, -0.25) is 0 Å². The molecule has 90 valence electrons. The third-order valence-corrected chi connectivity index (χ3v) is 2.93. The minimum Gasteiger partial charge on any atom is -0.490 e. The maximum absolute atomic E-state index is 13.0. The Morgan fingerprint density at radius 3 is 3.06 bits per heavy atom. The molecule has 1 aromatic rings. The molecule has 1 aromatic carbocycles. The largest absolute Gasteiger partial charge is 0.490 e. The van der Waals surface area contributed by atoms with Gasteiger partial charge >= 0.3 is 0 Å². The zero-order chi connectivity index (χ0) is 12.1. The van der Waals surface area contributed by atoms with E-state index >= 15 is 0 Å². The summed E-state index contributed by atoms with van der Waals surface area (Å²) in [6.45, 7) is 0. The highest BCUT2D eigenvalue weighted by Gasteiger charge is 2.22. The first-order chi connectivity index (χ1) is 8.28. The predicted octanol–water partition coefficient (Wildman–Crippen LogP) is 2.85. The third-order valence-electron chi connectivity index (χ3n) is 2.93. The van der Waals surface area contributed by atoms with Crippen LogP contribution in [0.4, 0.5) is 4.39 Å². The van der Waals surface area contributed by atoms with Crippen LogP contribution in [0.2, 0.25) is 0 Å². The molecule has 0 saturated heterocycles. The molecular weight excluding hydrogens is 221 g/mol. The SMILES string of the molecule is O=C=NC1CCCC(Oc2cccc(F)c2)C1. The molecule has 17 heavy (non-hydrogen) atoms. The number of rotatable bonds is 3. The van der Waals surface area contributed by atoms with Crippen LogP contribution in [0.15, 0.2) is 29.3 Å². The summed E-state index contributed by atoms with van der Waals surface area (Å²) in [7, 11) is 0. The van der Waals surface area contributed by atoms with E-state index < -0.39 is 0 Å². The van der Waals surface area contributed by atoms with Gasteiger partial charge in [-0.25, -0.2) is 14.2 Å². The second-order valence-corrected chi connectivity index (χ2v) is 4.24. The number of nitrogens with zero attached hydrogens (tertiary/aromatic N) is 1. The fourth-order valence-corrected chi connectivity index (χ4v) is 2.15. The van der Waals surface area contributed by atoms with Crippen molar-refractivity contribution in [3.05, 3.63) is 30.1 Å². The summed E-state index contributed by atoms with van der Waals surface area (Å²) in [5.74, 6) is 0.228. The third kappa shape index (κ3) is 3.40. The van der Waals surface area contributed by atoms with Gasteiger partial charge < -0.3 is 4.74 Å². The van der Waals surface area contributed by atoms with E-state index in [0.29, 0.717) is 12.2 Å². The Balaban J connectivity index is 1.96. The van der Waals surface area contributed by atoms with Crippen LogP contribution in [0.1, 0.15) is 25.7 Å². The molecule has 0 spiro atoms. The van der Waals surface area contributed by atoms with Crippen molar-refractivity contribution < 1.29 is 13.9 Å². The van der Waals surface area contributed by atoms with Gasteiger partial charge in [-0.05, 0) is 31.4 Å². The summed E-state index contributed by atoms with van der Waals surface area (Å²) in [5, 5.41) is 0. The van der Waals surface area contributed by atoms with Gasteiger partial charge in [0.25, 0.3) is 0 Å². The van der Waals surface area contributed by atoms with Gasteiger partial charge in [-0.15, -0.1) is 0 Å². The molecule has 2 atom stereocenters. The van der Waals surface area contributed by atoms with Crippen LogP contribution < -0.4 is 4.74 Å². The first-order valence-electron chi connectivity index (χ1n) is 5.77. The van der Waals surface area contributed by atoms with E-state index in [-0.39, 0.29) is 18.0 Å². The summed E-state index contributed by atoms with van der Waals surface area (Å²) < 4.78 is 18.7. The minimum absolute atomic E-state index is 0.000177. The summed E-state index contributed by atoms with van der Waals surface area (Å²) in [6.07, 6.45) is 5.08. The highest BCUT2D eigenvalue weighted by atomic mass is 19.1. The van der Waals surface area contributed by atoms with Crippen molar-refractivity contribution in [2.75, 3.05) is 0 Å². The molecule has 0 radical (unpaired) electrons. The molecule has 1 aliphatic rings. The summed E-state index contributed by atoms with van der Waals surface area (Å²) in [6, 6.07) is 6.10. The zero-order valence-corrected chi connectivity index (χ0v) is 9.43. The van der Waals surface area contributed by atoms with Crippen LogP contribution in [-0.4, -0.2) is 18.2 Å². The van der Waals surface area contributed by atoms with Crippen molar-refractivity contribution in [2.24, 2.45) is 4.99 Å². The Labute approximate surface area is 99.3 Å². The maximum Gasteiger partial charge on any atom is 0.235 e. The second-order valence-electron chi connectivity index (χ2n) is 4.24. The van der Waals surface area contributed by atoms with E-state index in [1.807, 2.05) is 0 Å². The molecule has 0 amide bonds. The van der Waals surface area contributed by atoms with Gasteiger partial charge in [-0.1, -0.05) is 6.07 Å². The van der Waals surface area contributed by atoms with Gasteiger partial charge in [0.15, 0.2) is 0 Å². The Kier molecular flexibility index (Phi) is 3.89. The second kappa shape index (κ2) is 5.60. The molecule has 2 unspecified atom stereocenters. The molecule has 2 rings (SSSR count). The topological polar surface area (TPSA) is 38.7 Å². The molecule has 1 fully saturated rings. The van der Waals surface area contributed by atoms with Crippen LogP contribution in [0, 0.1) is 5.82 Å². The number of isocyanates is 1. The van der Waals surface area contributed by atoms with Crippen LogP contribution in [0.3, 0.4) is 0 Å². The Hall–Kier alpha value is -1.67. The number of halogens is 1. The Morgan fingerprint density at radius 1 is 1.41 bits per heavy atom. The van der Waals surface area contributed by atoms with E-state index in [2.05, 4.69) is 4.99 Å². The van der Waals surface area contributed by atoms with E-state index in [9.17, 15) is 9.18 Å². The van der Waals surface area contributed by atoms with Gasteiger partial charge in [-0.2, -0.15) is 0 Å². The summed E-state index contributed by atoms with van der Waals surface area (Å²) >= 11 is 0. The van der Waals surface area contributed by atoms with Gasteiger partial charge in [0.05, 0.1) is 6.04 Å².